The zero-order valence-electron chi connectivity index (χ0n) is 13.0. The van der Waals surface area contributed by atoms with E-state index in [0.29, 0.717) is 11.3 Å². The van der Waals surface area contributed by atoms with Crippen LogP contribution in [0.4, 0.5) is 0 Å². The van der Waals surface area contributed by atoms with E-state index in [4.69, 9.17) is 0 Å². The lowest BCUT2D eigenvalue weighted by Crippen LogP contribution is -2.71. The molecule has 0 radical (unpaired) electrons. The van der Waals surface area contributed by atoms with Gasteiger partial charge in [0.2, 0.25) is 11.5 Å². The number of ketones is 1. The summed E-state index contributed by atoms with van der Waals surface area (Å²) in [7, 11) is 1.18. The molecule has 0 aromatic heterocycles. The molecule has 0 aromatic carbocycles. The average molecular weight is 432 g/mol. The molecule has 2 atom stereocenters. The number of fused-ring (bicyclic) bond motifs is 1. The Balaban J connectivity index is 2.19. The topological polar surface area (TPSA) is 125 Å². The number of amides is 2. The fraction of sp³-hybridized carbons (Fsp3) is 0.357. The molecule has 0 aromatic rings. The summed E-state index contributed by atoms with van der Waals surface area (Å²) in [6, 6.07) is -0.955. The number of hydrogen-bond acceptors (Lipinski definition) is 7. The van der Waals surface area contributed by atoms with Crippen LogP contribution >= 0.6 is 27.7 Å². The van der Waals surface area contributed by atoms with Crippen LogP contribution in [0.15, 0.2) is 29.1 Å². The maximum absolute atomic E-state index is 12.3. The minimum Gasteiger partial charge on any atom is -0.477 e. The Bertz CT molecular complexity index is 719. The predicted molar refractivity (Wildman–Crippen MR) is 93.1 cm³/mol. The fourth-order valence-electron chi connectivity index (χ4n) is 2.38. The van der Waals surface area contributed by atoms with E-state index in [9.17, 15) is 24.3 Å². The Morgan fingerprint density at radius 3 is 2.76 bits per heavy atom. The number of carbonyl (C=O) groups excluding carboxylic acids is 3. The predicted octanol–water partition coefficient (Wildman–Crippen LogP) is -0.123. The molecule has 1 saturated heterocycles. The molecule has 2 heterocycles. The van der Waals surface area contributed by atoms with Crippen LogP contribution < -0.4 is 5.32 Å². The van der Waals surface area contributed by atoms with Crippen molar-refractivity contribution in [2.75, 3.05) is 18.2 Å². The number of oxime groups is 1. The van der Waals surface area contributed by atoms with E-state index in [1.54, 1.807) is 0 Å². The molecule has 1 unspecified atom stereocenters. The number of nitrogens with one attached hydrogen (secondary N) is 1. The molecular formula is C14H14BrN3O6S. The van der Waals surface area contributed by atoms with Crippen molar-refractivity contribution in [3.05, 3.63) is 23.9 Å². The highest BCUT2D eigenvalue weighted by Gasteiger charge is 2.54. The van der Waals surface area contributed by atoms with E-state index in [1.165, 1.54) is 24.9 Å². The molecule has 2 aliphatic heterocycles. The minimum atomic E-state index is -1.24. The number of nitrogens with zero attached hydrogens (tertiary/aromatic N) is 2. The first-order valence-corrected chi connectivity index (χ1v) is 9.09. The zero-order chi connectivity index (χ0) is 18.7. The first-order valence-electron chi connectivity index (χ1n) is 6.92. The highest BCUT2D eigenvalue weighted by atomic mass is 79.9. The van der Waals surface area contributed by atoms with E-state index in [-0.39, 0.29) is 11.0 Å². The van der Waals surface area contributed by atoms with E-state index in [0.717, 1.165) is 4.90 Å². The van der Waals surface area contributed by atoms with Gasteiger partial charge in [-0.1, -0.05) is 33.7 Å². The number of alkyl halides is 1. The van der Waals surface area contributed by atoms with Crippen molar-refractivity contribution in [3.63, 3.8) is 0 Å². The van der Waals surface area contributed by atoms with Crippen molar-refractivity contribution in [1.29, 1.82) is 0 Å². The first-order chi connectivity index (χ1) is 11.9. The van der Waals surface area contributed by atoms with Gasteiger partial charge in [-0.15, -0.1) is 11.8 Å². The van der Waals surface area contributed by atoms with Gasteiger partial charge >= 0.3 is 5.97 Å². The molecule has 2 aliphatic rings. The van der Waals surface area contributed by atoms with Gasteiger partial charge in [-0.2, -0.15) is 0 Å². The number of Topliss-reactive ketones (excluding diaryl/α,β-unsaturated/α-hetero) is 1. The Kier molecular flexibility index (Phi) is 6.01. The Hall–Kier alpha value is -2.14. The SMILES string of the molecule is C=CC1=C(C(=O)O)N2C(=O)C(NC(=O)C(=NOC)C(=O)CBr)[C@H]2SC1. The highest BCUT2D eigenvalue weighted by molar-refractivity contribution is 9.09. The maximum atomic E-state index is 12.3. The summed E-state index contributed by atoms with van der Waals surface area (Å²) < 4.78 is 0. The quantitative estimate of drug-likeness (QED) is 0.189. The summed E-state index contributed by atoms with van der Waals surface area (Å²) in [5, 5.41) is 14.4. The molecule has 0 aliphatic carbocycles. The molecule has 2 rings (SSSR count). The summed E-state index contributed by atoms with van der Waals surface area (Å²) in [6.07, 6.45) is 1.39. The second kappa shape index (κ2) is 7.83. The Labute approximate surface area is 155 Å². The summed E-state index contributed by atoms with van der Waals surface area (Å²) in [5.74, 6) is -2.95. The smallest absolute Gasteiger partial charge is 0.352 e. The highest BCUT2D eigenvalue weighted by Crippen LogP contribution is 2.40. The van der Waals surface area contributed by atoms with Gasteiger partial charge in [-0.05, 0) is 5.57 Å². The number of thioether (sulfide) groups is 1. The second-order valence-electron chi connectivity index (χ2n) is 4.92. The van der Waals surface area contributed by atoms with E-state index in [1.807, 2.05) is 0 Å². The van der Waals surface area contributed by atoms with Crippen molar-refractivity contribution in [1.82, 2.24) is 10.2 Å². The van der Waals surface area contributed by atoms with Crippen molar-refractivity contribution in [2.24, 2.45) is 5.16 Å². The lowest BCUT2D eigenvalue weighted by Gasteiger charge is -2.49. The maximum Gasteiger partial charge on any atom is 0.352 e. The Morgan fingerprint density at radius 2 is 2.24 bits per heavy atom. The van der Waals surface area contributed by atoms with Crippen LogP contribution in [0.2, 0.25) is 0 Å². The largest absolute Gasteiger partial charge is 0.477 e. The van der Waals surface area contributed by atoms with Crippen molar-refractivity contribution < 1.29 is 29.1 Å². The van der Waals surface area contributed by atoms with E-state index < -0.39 is 40.7 Å². The van der Waals surface area contributed by atoms with Gasteiger partial charge in [0.1, 0.15) is 24.2 Å². The normalized spacial score (nSPS) is 22.7. The van der Waals surface area contributed by atoms with Crippen LogP contribution in [0.25, 0.3) is 0 Å². The van der Waals surface area contributed by atoms with Gasteiger partial charge in [0.05, 0.1) is 5.33 Å². The van der Waals surface area contributed by atoms with Crippen molar-refractivity contribution in [3.8, 4) is 0 Å². The molecule has 0 bridgehead atoms. The monoisotopic (exact) mass is 431 g/mol. The molecule has 9 nitrogen and oxygen atoms in total. The lowest BCUT2D eigenvalue weighted by molar-refractivity contribution is -0.150. The fourth-order valence-corrected chi connectivity index (χ4v) is 3.99. The second-order valence-corrected chi connectivity index (χ2v) is 6.59. The zero-order valence-corrected chi connectivity index (χ0v) is 15.4. The number of carboxylic acids is 1. The van der Waals surface area contributed by atoms with E-state index >= 15 is 0 Å². The lowest BCUT2D eigenvalue weighted by atomic mass is 10.0. The third-order valence-electron chi connectivity index (χ3n) is 3.52. The minimum absolute atomic E-state index is 0.139. The number of hydrogen-bond donors (Lipinski definition) is 2. The van der Waals surface area contributed by atoms with Crippen molar-refractivity contribution >= 4 is 57.0 Å². The molecule has 2 amide bonds. The number of aliphatic carboxylic acids is 1. The molecule has 2 N–H and O–H groups in total. The molecule has 1 fully saturated rings. The van der Waals surface area contributed by atoms with Crippen LogP contribution in [0.3, 0.4) is 0 Å². The molecule has 0 saturated carbocycles. The number of β-lactam (4-membered cyclic amide) rings is 1. The van der Waals surface area contributed by atoms with Gasteiger partial charge < -0.3 is 15.3 Å². The van der Waals surface area contributed by atoms with Gasteiger partial charge in [0.15, 0.2) is 0 Å². The summed E-state index contributed by atoms with van der Waals surface area (Å²) >= 11 is 4.22. The van der Waals surface area contributed by atoms with Crippen LogP contribution in [0.1, 0.15) is 0 Å². The number of halogens is 1. The van der Waals surface area contributed by atoms with Crippen molar-refractivity contribution in [2.45, 2.75) is 11.4 Å². The number of allylic oxidation sites excluding steroid dienone is 1. The number of carboxylic acid groups (broad SMARTS) is 1. The van der Waals surface area contributed by atoms with Crippen LogP contribution in [-0.4, -0.2) is 68.9 Å². The molecule has 0 spiro atoms. The molecule has 11 heteroatoms. The van der Waals surface area contributed by atoms with Crippen LogP contribution in [0.5, 0.6) is 0 Å². The first kappa shape index (κ1) is 19.2. The van der Waals surface area contributed by atoms with Gasteiger partial charge in [-0.25, -0.2) is 4.79 Å². The third kappa shape index (κ3) is 3.47. The summed E-state index contributed by atoms with van der Waals surface area (Å²) in [6.45, 7) is 3.55. The van der Waals surface area contributed by atoms with Gasteiger partial charge in [0, 0.05) is 5.75 Å². The summed E-state index contributed by atoms with van der Waals surface area (Å²) in [5.41, 5.74) is -0.188. The Morgan fingerprint density at radius 1 is 1.56 bits per heavy atom. The molecule has 25 heavy (non-hydrogen) atoms. The summed E-state index contributed by atoms with van der Waals surface area (Å²) in [4.78, 5) is 53.3. The standard InChI is InChI=1S/C14H14BrN3O6S/c1-3-6-5-25-13-9(12(21)18(13)10(6)14(22)23)16-11(20)8(17-24-2)7(19)4-15/h3,9,13H,1,4-5H2,2H3,(H,16,20)(H,22,23)/t9?,13-/m1/s1. The van der Waals surface area contributed by atoms with Crippen LogP contribution in [0, 0.1) is 0 Å². The number of carbonyl (C=O) groups is 4. The molecule has 134 valence electrons. The van der Waals surface area contributed by atoms with Gasteiger partial charge in [0.25, 0.3) is 11.8 Å². The third-order valence-corrected chi connectivity index (χ3v) is 5.33. The van der Waals surface area contributed by atoms with Crippen LogP contribution in [-0.2, 0) is 24.0 Å². The van der Waals surface area contributed by atoms with Gasteiger partial charge in [-0.3, -0.25) is 19.3 Å². The molecular weight excluding hydrogens is 418 g/mol. The number of rotatable bonds is 7. The average Bonchev–Trinajstić information content (AvgIpc) is 2.61. The van der Waals surface area contributed by atoms with E-state index in [2.05, 4.69) is 37.8 Å².